The van der Waals surface area contributed by atoms with Crippen LogP contribution in [0.4, 0.5) is 5.82 Å². The van der Waals surface area contributed by atoms with Crippen molar-refractivity contribution in [2.45, 2.75) is 31.5 Å². The molecule has 162 valence electrons. The summed E-state index contributed by atoms with van der Waals surface area (Å²) in [6.45, 7) is 1.29. The van der Waals surface area contributed by atoms with E-state index in [0.717, 1.165) is 45.3 Å². The molecule has 0 aromatic carbocycles. The molecule has 0 spiro atoms. The molecule has 10 heteroatoms. The maximum atomic E-state index is 5.44. The van der Waals surface area contributed by atoms with Gasteiger partial charge in [-0.05, 0) is 25.0 Å². The molecule has 1 aliphatic rings. The number of fused-ring (bicyclic) bond motifs is 1. The highest BCUT2D eigenvalue weighted by molar-refractivity contribution is 7.21. The third-order valence-corrected chi connectivity index (χ3v) is 6.63. The fourth-order valence-electron chi connectivity index (χ4n) is 3.76. The van der Waals surface area contributed by atoms with Gasteiger partial charge in [0.1, 0.15) is 16.3 Å². The van der Waals surface area contributed by atoms with E-state index in [-0.39, 0.29) is 0 Å². The summed E-state index contributed by atoms with van der Waals surface area (Å²) < 4.78 is 14.5. The standard InChI is InChI=1S/C21H25N7O2S/c1-27-6-4-16(26-27)17-12-15-18(23-13-10-14(11-13)30-3)24-19(25-21(15)31-17)20-22-5-7-28(20)8-9-29-2/h4-7,12-14H,8-11H2,1-3H3,(H,23,24,25)/t13-,14+. The molecule has 0 atom stereocenters. The molecule has 4 aromatic heterocycles. The monoisotopic (exact) mass is 439 g/mol. The van der Waals surface area contributed by atoms with Gasteiger partial charge in [-0.1, -0.05) is 0 Å². The molecule has 5 rings (SSSR count). The zero-order chi connectivity index (χ0) is 21.4. The van der Waals surface area contributed by atoms with Gasteiger partial charge in [0.25, 0.3) is 0 Å². The van der Waals surface area contributed by atoms with E-state index in [0.29, 0.717) is 31.1 Å². The second-order valence-electron chi connectivity index (χ2n) is 7.71. The first kappa shape index (κ1) is 20.1. The lowest BCUT2D eigenvalue weighted by atomic mass is 9.89. The Balaban J connectivity index is 1.56. The normalized spacial score (nSPS) is 18.4. The maximum Gasteiger partial charge on any atom is 0.199 e. The number of hydrogen-bond donors (Lipinski definition) is 1. The van der Waals surface area contributed by atoms with E-state index < -0.39 is 0 Å². The molecular formula is C21H25N7O2S. The number of imidazole rings is 1. The molecule has 31 heavy (non-hydrogen) atoms. The molecule has 0 saturated heterocycles. The lowest BCUT2D eigenvalue weighted by molar-refractivity contribution is 0.0328. The van der Waals surface area contributed by atoms with E-state index in [9.17, 15) is 0 Å². The summed E-state index contributed by atoms with van der Waals surface area (Å²) in [6.07, 6.45) is 7.90. The van der Waals surface area contributed by atoms with Crippen molar-refractivity contribution in [3.05, 3.63) is 30.7 Å². The van der Waals surface area contributed by atoms with Gasteiger partial charge in [0, 0.05) is 52.4 Å². The number of aromatic nitrogens is 6. The van der Waals surface area contributed by atoms with Crippen LogP contribution >= 0.6 is 11.3 Å². The molecule has 0 amide bonds. The SMILES string of the molecule is COCCn1ccnc1-c1nc(N[C@H]2C[C@@H](OC)C2)c2cc(-c3ccn(C)n3)sc2n1. The van der Waals surface area contributed by atoms with Crippen molar-refractivity contribution in [3.8, 4) is 22.2 Å². The average Bonchev–Trinajstić information content (AvgIpc) is 3.47. The Morgan fingerprint density at radius 3 is 2.84 bits per heavy atom. The summed E-state index contributed by atoms with van der Waals surface area (Å²) in [5, 5.41) is 9.16. The highest BCUT2D eigenvalue weighted by atomic mass is 32.1. The van der Waals surface area contributed by atoms with Gasteiger partial charge in [0.05, 0.1) is 23.0 Å². The fraction of sp³-hybridized carbons (Fsp3) is 0.429. The van der Waals surface area contributed by atoms with Crippen LogP contribution in [0.5, 0.6) is 0 Å². The van der Waals surface area contributed by atoms with E-state index in [4.69, 9.17) is 19.4 Å². The minimum Gasteiger partial charge on any atom is -0.383 e. The number of ether oxygens (including phenoxy) is 2. The van der Waals surface area contributed by atoms with E-state index in [1.54, 1.807) is 31.8 Å². The first-order valence-corrected chi connectivity index (χ1v) is 11.1. The minimum absolute atomic E-state index is 0.314. The van der Waals surface area contributed by atoms with Gasteiger partial charge in [-0.2, -0.15) is 5.10 Å². The third-order valence-electron chi connectivity index (χ3n) is 5.58. The predicted molar refractivity (Wildman–Crippen MR) is 120 cm³/mol. The zero-order valence-electron chi connectivity index (χ0n) is 17.8. The van der Waals surface area contributed by atoms with Crippen LogP contribution in [0.25, 0.3) is 32.4 Å². The second-order valence-corrected chi connectivity index (χ2v) is 8.74. The highest BCUT2D eigenvalue weighted by Crippen LogP contribution is 2.37. The third kappa shape index (κ3) is 3.93. The van der Waals surface area contributed by atoms with Crippen molar-refractivity contribution in [1.82, 2.24) is 29.3 Å². The molecule has 0 radical (unpaired) electrons. The smallest absolute Gasteiger partial charge is 0.199 e. The number of hydrogen-bond acceptors (Lipinski definition) is 8. The Hall–Kier alpha value is -2.82. The first-order valence-electron chi connectivity index (χ1n) is 10.3. The number of anilines is 1. The predicted octanol–water partition coefficient (Wildman–Crippen LogP) is 3.19. The molecule has 1 saturated carbocycles. The molecule has 1 aliphatic carbocycles. The fourth-order valence-corrected chi connectivity index (χ4v) is 4.76. The summed E-state index contributed by atoms with van der Waals surface area (Å²) >= 11 is 1.62. The molecule has 0 unspecified atom stereocenters. The summed E-state index contributed by atoms with van der Waals surface area (Å²) in [5.41, 5.74) is 0.933. The van der Waals surface area contributed by atoms with Crippen molar-refractivity contribution in [2.24, 2.45) is 7.05 Å². The van der Waals surface area contributed by atoms with Crippen LogP contribution in [0.15, 0.2) is 30.7 Å². The lowest BCUT2D eigenvalue weighted by Crippen LogP contribution is -2.40. The topological polar surface area (TPSA) is 91.9 Å². The van der Waals surface area contributed by atoms with E-state index in [1.165, 1.54) is 0 Å². The van der Waals surface area contributed by atoms with E-state index >= 15 is 0 Å². The Kier molecular flexibility index (Phi) is 5.43. The first-order chi connectivity index (χ1) is 15.1. The Labute approximate surface area is 184 Å². The number of rotatable bonds is 8. The maximum absolute atomic E-state index is 5.44. The van der Waals surface area contributed by atoms with Crippen LogP contribution in [-0.2, 0) is 23.1 Å². The quantitative estimate of drug-likeness (QED) is 0.451. The van der Waals surface area contributed by atoms with Crippen LogP contribution in [0.2, 0.25) is 0 Å². The van der Waals surface area contributed by atoms with Gasteiger partial charge in [-0.25, -0.2) is 15.0 Å². The van der Waals surface area contributed by atoms with Gasteiger partial charge in [-0.3, -0.25) is 4.68 Å². The minimum atomic E-state index is 0.314. The second kappa shape index (κ2) is 8.37. The van der Waals surface area contributed by atoms with Crippen molar-refractivity contribution in [2.75, 3.05) is 26.1 Å². The molecule has 1 N–H and O–H groups in total. The summed E-state index contributed by atoms with van der Waals surface area (Å²) in [6, 6.07) is 4.47. The van der Waals surface area contributed by atoms with Gasteiger partial charge >= 0.3 is 0 Å². The van der Waals surface area contributed by atoms with Gasteiger partial charge < -0.3 is 19.4 Å². The number of nitrogens with one attached hydrogen (secondary N) is 1. The number of aryl methyl sites for hydroxylation is 1. The van der Waals surface area contributed by atoms with Crippen molar-refractivity contribution in [3.63, 3.8) is 0 Å². The highest BCUT2D eigenvalue weighted by Gasteiger charge is 2.30. The molecule has 9 nitrogen and oxygen atoms in total. The number of methoxy groups -OCH3 is 2. The lowest BCUT2D eigenvalue weighted by Gasteiger charge is -2.35. The Bertz CT molecular complexity index is 1190. The number of nitrogens with zero attached hydrogens (tertiary/aromatic N) is 6. The molecular weight excluding hydrogens is 414 g/mol. The Morgan fingerprint density at radius 1 is 1.23 bits per heavy atom. The molecule has 1 fully saturated rings. The van der Waals surface area contributed by atoms with Gasteiger partial charge in [0.2, 0.25) is 0 Å². The molecule has 0 aliphatic heterocycles. The summed E-state index contributed by atoms with van der Waals surface area (Å²) in [7, 11) is 5.38. The van der Waals surface area contributed by atoms with Crippen LogP contribution in [0.1, 0.15) is 12.8 Å². The number of thiophene rings is 1. The van der Waals surface area contributed by atoms with Crippen molar-refractivity contribution < 1.29 is 9.47 Å². The van der Waals surface area contributed by atoms with Crippen LogP contribution < -0.4 is 5.32 Å². The molecule has 0 bridgehead atoms. The largest absolute Gasteiger partial charge is 0.383 e. The van der Waals surface area contributed by atoms with Crippen LogP contribution in [0, 0.1) is 0 Å². The summed E-state index contributed by atoms with van der Waals surface area (Å²) in [5.74, 6) is 2.17. The van der Waals surface area contributed by atoms with Gasteiger partial charge in [-0.15, -0.1) is 11.3 Å². The zero-order valence-corrected chi connectivity index (χ0v) is 18.6. The Morgan fingerprint density at radius 2 is 2.10 bits per heavy atom. The molecule has 4 aromatic rings. The average molecular weight is 440 g/mol. The van der Waals surface area contributed by atoms with Crippen LogP contribution in [0.3, 0.4) is 0 Å². The van der Waals surface area contributed by atoms with Crippen molar-refractivity contribution >= 4 is 27.4 Å². The van der Waals surface area contributed by atoms with E-state index in [1.807, 2.05) is 34.8 Å². The summed E-state index contributed by atoms with van der Waals surface area (Å²) in [4.78, 5) is 16.3. The van der Waals surface area contributed by atoms with E-state index in [2.05, 4.69) is 21.5 Å². The van der Waals surface area contributed by atoms with Gasteiger partial charge in [0.15, 0.2) is 11.6 Å². The van der Waals surface area contributed by atoms with Crippen molar-refractivity contribution in [1.29, 1.82) is 0 Å². The molecule has 4 heterocycles. The van der Waals surface area contributed by atoms with Crippen LogP contribution in [-0.4, -0.2) is 62.3 Å².